The third kappa shape index (κ3) is 2.86. The minimum Gasteiger partial charge on any atom is -0.381 e. The standard InChI is InChI=1S/C16H26N2/c1-11-10-12(16(2,3)4)8-9-14(11)18-15-7-5-6-13(15)17/h8-10,13,15,18H,5-7,17H2,1-4H3. The van der Waals surface area contributed by atoms with Crippen LogP contribution in [0, 0.1) is 6.92 Å². The molecule has 1 fully saturated rings. The molecule has 0 amide bonds. The first kappa shape index (κ1) is 13.4. The maximum atomic E-state index is 6.11. The molecule has 1 aliphatic rings. The maximum Gasteiger partial charge on any atom is 0.0412 e. The van der Waals surface area contributed by atoms with E-state index in [1.165, 1.54) is 29.7 Å². The third-order valence-electron chi connectivity index (χ3n) is 4.00. The second-order valence-corrected chi connectivity index (χ2v) is 6.63. The molecule has 0 radical (unpaired) electrons. The SMILES string of the molecule is Cc1cc(C(C)(C)C)ccc1NC1CCCC1N. The molecule has 0 aromatic heterocycles. The summed E-state index contributed by atoms with van der Waals surface area (Å²) < 4.78 is 0. The first-order chi connectivity index (χ1) is 8.38. The smallest absolute Gasteiger partial charge is 0.0412 e. The topological polar surface area (TPSA) is 38.0 Å². The van der Waals surface area contributed by atoms with E-state index in [0.29, 0.717) is 12.1 Å². The molecule has 1 aromatic rings. The van der Waals surface area contributed by atoms with Crippen LogP contribution in [0.1, 0.15) is 51.2 Å². The van der Waals surface area contributed by atoms with Crippen LogP contribution in [0.3, 0.4) is 0 Å². The monoisotopic (exact) mass is 246 g/mol. The quantitative estimate of drug-likeness (QED) is 0.837. The average Bonchev–Trinajstić information content (AvgIpc) is 2.66. The van der Waals surface area contributed by atoms with Gasteiger partial charge in [0.05, 0.1) is 0 Å². The van der Waals surface area contributed by atoms with E-state index in [1.54, 1.807) is 0 Å². The molecule has 1 aromatic carbocycles. The Balaban J connectivity index is 2.15. The number of aryl methyl sites for hydroxylation is 1. The summed E-state index contributed by atoms with van der Waals surface area (Å²) >= 11 is 0. The van der Waals surface area contributed by atoms with Gasteiger partial charge in [-0.05, 0) is 48.8 Å². The van der Waals surface area contributed by atoms with Crippen LogP contribution in [-0.4, -0.2) is 12.1 Å². The fraction of sp³-hybridized carbons (Fsp3) is 0.625. The lowest BCUT2D eigenvalue weighted by Gasteiger charge is -2.23. The molecule has 2 unspecified atom stereocenters. The fourth-order valence-corrected chi connectivity index (χ4v) is 2.66. The van der Waals surface area contributed by atoms with Gasteiger partial charge in [-0.15, -0.1) is 0 Å². The van der Waals surface area contributed by atoms with Crippen LogP contribution in [0.15, 0.2) is 18.2 Å². The van der Waals surface area contributed by atoms with E-state index in [2.05, 4.69) is 51.2 Å². The van der Waals surface area contributed by atoms with E-state index < -0.39 is 0 Å². The Morgan fingerprint density at radius 3 is 2.44 bits per heavy atom. The number of nitrogens with one attached hydrogen (secondary N) is 1. The zero-order chi connectivity index (χ0) is 13.3. The molecule has 2 rings (SSSR count). The van der Waals surface area contributed by atoms with Gasteiger partial charge in [0.2, 0.25) is 0 Å². The van der Waals surface area contributed by atoms with E-state index in [1.807, 2.05) is 0 Å². The molecule has 3 N–H and O–H groups in total. The molecule has 100 valence electrons. The van der Waals surface area contributed by atoms with E-state index in [4.69, 9.17) is 5.73 Å². The number of nitrogens with two attached hydrogens (primary N) is 1. The number of hydrogen-bond donors (Lipinski definition) is 2. The molecule has 0 saturated heterocycles. The molecule has 0 bridgehead atoms. The highest BCUT2D eigenvalue weighted by molar-refractivity contribution is 5.54. The van der Waals surface area contributed by atoms with Crippen molar-refractivity contribution in [3.63, 3.8) is 0 Å². The van der Waals surface area contributed by atoms with Crippen molar-refractivity contribution in [2.24, 2.45) is 5.73 Å². The number of rotatable bonds is 2. The third-order valence-corrected chi connectivity index (χ3v) is 4.00. The highest BCUT2D eigenvalue weighted by Crippen LogP contribution is 2.28. The predicted molar refractivity (Wildman–Crippen MR) is 79.1 cm³/mol. The highest BCUT2D eigenvalue weighted by atomic mass is 15.0. The van der Waals surface area contributed by atoms with Gasteiger partial charge >= 0.3 is 0 Å². The van der Waals surface area contributed by atoms with E-state index in [9.17, 15) is 0 Å². The van der Waals surface area contributed by atoms with Crippen molar-refractivity contribution >= 4 is 5.69 Å². The Kier molecular flexibility index (Phi) is 3.67. The largest absolute Gasteiger partial charge is 0.381 e. The Morgan fingerprint density at radius 1 is 1.22 bits per heavy atom. The van der Waals surface area contributed by atoms with Crippen molar-refractivity contribution in [3.05, 3.63) is 29.3 Å². The molecule has 2 heteroatoms. The van der Waals surface area contributed by atoms with Crippen LogP contribution in [0.4, 0.5) is 5.69 Å². The van der Waals surface area contributed by atoms with Gasteiger partial charge in [-0.25, -0.2) is 0 Å². The van der Waals surface area contributed by atoms with Gasteiger partial charge < -0.3 is 11.1 Å². The van der Waals surface area contributed by atoms with Crippen molar-refractivity contribution in [3.8, 4) is 0 Å². The Morgan fingerprint density at radius 2 is 1.94 bits per heavy atom. The summed E-state index contributed by atoms with van der Waals surface area (Å²) in [5.74, 6) is 0. The Hall–Kier alpha value is -1.02. The zero-order valence-corrected chi connectivity index (χ0v) is 12.1. The van der Waals surface area contributed by atoms with E-state index >= 15 is 0 Å². The van der Waals surface area contributed by atoms with Gasteiger partial charge in [0, 0.05) is 17.8 Å². The predicted octanol–water partition coefficient (Wildman–Crippen LogP) is 3.58. The second-order valence-electron chi connectivity index (χ2n) is 6.63. The van der Waals surface area contributed by atoms with Crippen LogP contribution in [-0.2, 0) is 5.41 Å². The van der Waals surface area contributed by atoms with Crippen molar-refractivity contribution in [1.29, 1.82) is 0 Å². The first-order valence-electron chi connectivity index (χ1n) is 7.01. The molecule has 0 spiro atoms. The molecule has 1 saturated carbocycles. The van der Waals surface area contributed by atoms with Gasteiger partial charge in [0.25, 0.3) is 0 Å². The van der Waals surface area contributed by atoms with Gasteiger partial charge in [-0.2, -0.15) is 0 Å². The van der Waals surface area contributed by atoms with Crippen molar-refractivity contribution in [1.82, 2.24) is 0 Å². The summed E-state index contributed by atoms with van der Waals surface area (Å²) in [6, 6.07) is 7.50. The van der Waals surface area contributed by atoms with Crippen molar-refractivity contribution in [2.45, 2.75) is 64.5 Å². The first-order valence-corrected chi connectivity index (χ1v) is 7.01. The average molecular weight is 246 g/mol. The van der Waals surface area contributed by atoms with Crippen LogP contribution in [0.25, 0.3) is 0 Å². The fourth-order valence-electron chi connectivity index (χ4n) is 2.66. The minimum absolute atomic E-state index is 0.215. The summed E-state index contributed by atoms with van der Waals surface area (Å²) in [7, 11) is 0. The summed E-state index contributed by atoms with van der Waals surface area (Å²) in [5, 5.41) is 3.61. The molecular formula is C16H26N2. The van der Waals surface area contributed by atoms with Gasteiger partial charge in [0.15, 0.2) is 0 Å². The Bertz CT molecular complexity index is 418. The van der Waals surface area contributed by atoms with Crippen molar-refractivity contribution in [2.75, 3.05) is 5.32 Å². The van der Waals surface area contributed by atoms with Crippen LogP contribution in [0.2, 0.25) is 0 Å². The van der Waals surface area contributed by atoms with Gasteiger partial charge in [-0.3, -0.25) is 0 Å². The van der Waals surface area contributed by atoms with Crippen LogP contribution >= 0.6 is 0 Å². The normalized spacial score (nSPS) is 24.3. The number of hydrogen-bond acceptors (Lipinski definition) is 2. The molecule has 2 atom stereocenters. The summed E-state index contributed by atoms with van der Waals surface area (Å²) in [6.45, 7) is 8.93. The number of anilines is 1. The van der Waals surface area contributed by atoms with Gasteiger partial charge in [-0.1, -0.05) is 32.9 Å². The molecule has 0 aliphatic heterocycles. The van der Waals surface area contributed by atoms with Crippen molar-refractivity contribution < 1.29 is 0 Å². The van der Waals surface area contributed by atoms with Gasteiger partial charge in [0.1, 0.15) is 0 Å². The Labute approximate surface area is 111 Å². The lowest BCUT2D eigenvalue weighted by molar-refractivity contribution is 0.589. The lowest BCUT2D eigenvalue weighted by atomic mass is 9.86. The summed E-state index contributed by atoms with van der Waals surface area (Å²) in [6.07, 6.45) is 3.59. The van der Waals surface area contributed by atoms with Crippen LogP contribution in [0.5, 0.6) is 0 Å². The minimum atomic E-state index is 0.215. The molecule has 2 nitrogen and oxygen atoms in total. The highest BCUT2D eigenvalue weighted by Gasteiger charge is 2.24. The van der Waals surface area contributed by atoms with E-state index in [-0.39, 0.29) is 5.41 Å². The van der Waals surface area contributed by atoms with Crippen LogP contribution < -0.4 is 11.1 Å². The molecular weight excluding hydrogens is 220 g/mol. The lowest BCUT2D eigenvalue weighted by Crippen LogP contribution is -2.35. The zero-order valence-electron chi connectivity index (χ0n) is 12.1. The molecule has 18 heavy (non-hydrogen) atoms. The summed E-state index contributed by atoms with van der Waals surface area (Å²) in [5.41, 5.74) is 10.3. The molecule has 0 heterocycles. The maximum absolute atomic E-state index is 6.11. The summed E-state index contributed by atoms with van der Waals surface area (Å²) in [4.78, 5) is 0. The number of benzene rings is 1. The van der Waals surface area contributed by atoms with E-state index in [0.717, 1.165) is 6.42 Å². The second kappa shape index (κ2) is 4.93. The molecule has 1 aliphatic carbocycles.